The van der Waals surface area contributed by atoms with Gasteiger partial charge in [-0.3, -0.25) is 14.3 Å². The lowest BCUT2D eigenvalue weighted by molar-refractivity contribution is 0.0738. The van der Waals surface area contributed by atoms with E-state index in [2.05, 4.69) is 15.1 Å². The highest BCUT2D eigenvalue weighted by molar-refractivity contribution is 5.93. The number of aliphatic hydroxyl groups excluding tert-OH is 1. The van der Waals surface area contributed by atoms with Gasteiger partial charge in [-0.25, -0.2) is 4.98 Å². The third kappa shape index (κ3) is 2.88. The SMILES string of the molecule is CC(O)c1cc2n(n1)CCCN(C(=O)c1nc3ccccc3[nH]c1=O)C2. The second kappa shape index (κ2) is 6.38. The summed E-state index contributed by atoms with van der Waals surface area (Å²) in [6, 6.07) is 8.92. The van der Waals surface area contributed by atoms with Gasteiger partial charge in [0.25, 0.3) is 11.5 Å². The molecule has 1 unspecified atom stereocenters. The molecule has 1 amide bonds. The fraction of sp³-hybridized carbons (Fsp3) is 0.333. The second-order valence-electron chi connectivity index (χ2n) is 6.47. The fourth-order valence-corrected chi connectivity index (χ4v) is 3.19. The summed E-state index contributed by atoms with van der Waals surface area (Å²) >= 11 is 0. The van der Waals surface area contributed by atoms with Crippen molar-refractivity contribution in [3.05, 3.63) is 57.8 Å². The van der Waals surface area contributed by atoms with E-state index in [1.807, 2.05) is 10.7 Å². The van der Waals surface area contributed by atoms with Gasteiger partial charge in [0.15, 0.2) is 5.69 Å². The van der Waals surface area contributed by atoms with Crippen LogP contribution in [0.1, 0.15) is 41.3 Å². The van der Waals surface area contributed by atoms with Crippen molar-refractivity contribution in [3.8, 4) is 0 Å². The molecule has 8 nitrogen and oxygen atoms in total. The number of aromatic nitrogens is 4. The minimum Gasteiger partial charge on any atom is -0.387 e. The number of para-hydroxylation sites is 2. The molecule has 2 aromatic heterocycles. The Kier molecular flexibility index (Phi) is 4.04. The Morgan fingerprint density at radius 1 is 1.31 bits per heavy atom. The van der Waals surface area contributed by atoms with E-state index in [1.165, 1.54) is 0 Å². The van der Waals surface area contributed by atoms with E-state index in [9.17, 15) is 14.7 Å². The fourth-order valence-electron chi connectivity index (χ4n) is 3.19. The van der Waals surface area contributed by atoms with Crippen LogP contribution in [0.15, 0.2) is 35.1 Å². The number of aromatic amines is 1. The Labute approximate surface area is 149 Å². The maximum Gasteiger partial charge on any atom is 0.280 e. The van der Waals surface area contributed by atoms with Crippen LogP contribution in [0.4, 0.5) is 0 Å². The Balaban J connectivity index is 1.67. The molecule has 1 aliphatic heterocycles. The number of hydrogen-bond donors (Lipinski definition) is 2. The molecule has 8 heteroatoms. The molecule has 1 aliphatic rings. The van der Waals surface area contributed by atoms with Gasteiger partial charge in [-0.15, -0.1) is 0 Å². The number of nitrogens with zero attached hydrogens (tertiary/aromatic N) is 4. The van der Waals surface area contributed by atoms with Crippen molar-refractivity contribution in [2.75, 3.05) is 6.54 Å². The normalized spacial score (nSPS) is 15.5. The van der Waals surface area contributed by atoms with Crippen molar-refractivity contribution < 1.29 is 9.90 Å². The second-order valence-corrected chi connectivity index (χ2v) is 6.47. The third-order valence-electron chi connectivity index (χ3n) is 4.55. The van der Waals surface area contributed by atoms with E-state index >= 15 is 0 Å². The van der Waals surface area contributed by atoms with Crippen molar-refractivity contribution in [1.82, 2.24) is 24.6 Å². The number of nitrogens with one attached hydrogen (secondary N) is 1. The number of hydrogen-bond acceptors (Lipinski definition) is 5. The van der Waals surface area contributed by atoms with Gasteiger partial charge in [-0.05, 0) is 31.5 Å². The summed E-state index contributed by atoms with van der Waals surface area (Å²) in [4.78, 5) is 33.9. The molecule has 4 rings (SSSR count). The van der Waals surface area contributed by atoms with Gasteiger partial charge in [-0.1, -0.05) is 12.1 Å². The Morgan fingerprint density at radius 2 is 2.12 bits per heavy atom. The quantitative estimate of drug-likeness (QED) is 0.721. The molecule has 0 spiro atoms. The summed E-state index contributed by atoms with van der Waals surface area (Å²) in [5, 5.41) is 14.1. The largest absolute Gasteiger partial charge is 0.387 e. The molecule has 134 valence electrons. The zero-order valence-electron chi connectivity index (χ0n) is 14.3. The number of aryl methyl sites for hydroxylation is 1. The van der Waals surface area contributed by atoms with Gasteiger partial charge < -0.3 is 15.0 Å². The Bertz CT molecular complexity index is 1040. The van der Waals surface area contributed by atoms with Crippen molar-refractivity contribution in [3.63, 3.8) is 0 Å². The average molecular weight is 353 g/mol. The monoisotopic (exact) mass is 353 g/mol. The topological polar surface area (TPSA) is 104 Å². The zero-order valence-corrected chi connectivity index (χ0v) is 14.3. The number of H-pyrrole nitrogens is 1. The van der Waals surface area contributed by atoms with E-state index in [4.69, 9.17) is 0 Å². The van der Waals surface area contributed by atoms with Crippen LogP contribution in [0.25, 0.3) is 11.0 Å². The summed E-state index contributed by atoms with van der Waals surface area (Å²) < 4.78 is 1.81. The highest BCUT2D eigenvalue weighted by Gasteiger charge is 2.25. The standard InChI is InChI=1S/C18H19N5O3/c1-11(24)15-9-12-10-22(7-4-8-23(12)21-15)18(26)16-17(25)20-14-6-3-2-5-13(14)19-16/h2-3,5-6,9,11,24H,4,7-8,10H2,1H3,(H,20,25). The summed E-state index contributed by atoms with van der Waals surface area (Å²) in [6.45, 7) is 3.16. The molecule has 2 N–H and O–H groups in total. The molecule has 0 aliphatic carbocycles. The Hall–Kier alpha value is -3.00. The van der Waals surface area contributed by atoms with Gasteiger partial charge in [0.2, 0.25) is 0 Å². The number of benzene rings is 1. The third-order valence-corrected chi connectivity index (χ3v) is 4.55. The van der Waals surface area contributed by atoms with E-state index in [-0.39, 0.29) is 5.69 Å². The van der Waals surface area contributed by atoms with Crippen LogP contribution < -0.4 is 5.56 Å². The smallest absolute Gasteiger partial charge is 0.280 e. The molecule has 3 heterocycles. The molecule has 3 aromatic rings. The van der Waals surface area contributed by atoms with Gasteiger partial charge in [0.05, 0.1) is 35.1 Å². The van der Waals surface area contributed by atoms with Crippen molar-refractivity contribution in [2.24, 2.45) is 0 Å². The van der Waals surface area contributed by atoms with Gasteiger partial charge in [-0.2, -0.15) is 5.10 Å². The van der Waals surface area contributed by atoms with E-state index in [0.717, 1.165) is 5.69 Å². The molecular formula is C18H19N5O3. The lowest BCUT2D eigenvalue weighted by Crippen LogP contribution is -2.35. The van der Waals surface area contributed by atoms with Crippen LogP contribution in [-0.2, 0) is 13.1 Å². The lowest BCUT2D eigenvalue weighted by Gasteiger charge is -2.19. The average Bonchev–Trinajstić information content (AvgIpc) is 2.93. The van der Waals surface area contributed by atoms with Gasteiger partial charge >= 0.3 is 0 Å². The molecule has 26 heavy (non-hydrogen) atoms. The first-order chi connectivity index (χ1) is 12.5. The van der Waals surface area contributed by atoms with E-state index < -0.39 is 17.6 Å². The number of fused-ring (bicyclic) bond motifs is 2. The molecule has 0 saturated carbocycles. The maximum absolute atomic E-state index is 12.9. The first-order valence-electron chi connectivity index (χ1n) is 8.56. The van der Waals surface area contributed by atoms with Crippen LogP contribution in [0.5, 0.6) is 0 Å². The van der Waals surface area contributed by atoms with Crippen molar-refractivity contribution in [2.45, 2.75) is 32.5 Å². The summed E-state index contributed by atoms with van der Waals surface area (Å²) in [7, 11) is 0. The molecule has 0 radical (unpaired) electrons. The number of amides is 1. The highest BCUT2D eigenvalue weighted by atomic mass is 16.3. The van der Waals surface area contributed by atoms with Crippen LogP contribution in [0, 0.1) is 0 Å². The number of aliphatic hydroxyl groups is 1. The van der Waals surface area contributed by atoms with Crippen LogP contribution in [0.3, 0.4) is 0 Å². The van der Waals surface area contributed by atoms with Crippen LogP contribution in [0.2, 0.25) is 0 Å². The maximum atomic E-state index is 12.9. The predicted molar refractivity (Wildman–Crippen MR) is 94.6 cm³/mol. The molecule has 0 bridgehead atoms. The first-order valence-corrected chi connectivity index (χ1v) is 8.56. The minimum absolute atomic E-state index is 0.104. The molecular weight excluding hydrogens is 334 g/mol. The van der Waals surface area contributed by atoms with Crippen molar-refractivity contribution in [1.29, 1.82) is 0 Å². The molecule has 0 fully saturated rings. The Morgan fingerprint density at radius 3 is 2.92 bits per heavy atom. The first kappa shape index (κ1) is 16.5. The molecule has 0 saturated heterocycles. The van der Waals surface area contributed by atoms with Gasteiger partial charge in [0, 0.05) is 13.1 Å². The number of carbonyl (C=O) groups excluding carboxylic acids is 1. The molecule has 1 aromatic carbocycles. The summed E-state index contributed by atoms with van der Waals surface area (Å²) in [6.07, 6.45) is 0.0501. The van der Waals surface area contributed by atoms with E-state index in [1.54, 1.807) is 36.1 Å². The number of rotatable bonds is 2. The van der Waals surface area contributed by atoms with Gasteiger partial charge in [0.1, 0.15) is 0 Å². The minimum atomic E-state index is -0.663. The van der Waals surface area contributed by atoms with Crippen LogP contribution >= 0.6 is 0 Å². The number of carbonyl (C=O) groups is 1. The highest BCUT2D eigenvalue weighted by Crippen LogP contribution is 2.19. The summed E-state index contributed by atoms with van der Waals surface area (Å²) in [5.74, 6) is -0.398. The lowest BCUT2D eigenvalue weighted by atomic mass is 10.2. The predicted octanol–water partition coefficient (Wildman–Crippen LogP) is 1.22. The van der Waals surface area contributed by atoms with E-state index in [0.29, 0.717) is 42.8 Å². The molecule has 1 atom stereocenters. The van der Waals surface area contributed by atoms with Crippen LogP contribution in [-0.4, -0.2) is 42.2 Å². The zero-order chi connectivity index (χ0) is 18.3. The van der Waals surface area contributed by atoms with Crippen molar-refractivity contribution >= 4 is 16.9 Å². The summed E-state index contributed by atoms with van der Waals surface area (Å²) in [5.41, 5.74) is 2.00.